The van der Waals surface area contributed by atoms with E-state index in [2.05, 4.69) is 275 Å². The van der Waals surface area contributed by atoms with Crippen LogP contribution in [-0.4, -0.2) is 0 Å². The first-order valence-corrected chi connectivity index (χ1v) is 25.0. The van der Waals surface area contributed by atoms with Gasteiger partial charge in [0.25, 0.3) is 0 Å². The number of anilines is 6. The smallest absolute Gasteiger partial charge is 0.0465 e. The van der Waals surface area contributed by atoms with Crippen LogP contribution in [0, 0.1) is 11.3 Å². The van der Waals surface area contributed by atoms with Crippen molar-refractivity contribution in [2.75, 3.05) is 9.80 Å². The van der Waals surface area contributed by atoms with E-state index in [4.69, 9.17) is 0 Å². The predicted octanol–water partition coefficient (Wildman–Crippen LogP) is 18.8. The Morgan fingerprint density at radius 1 is 0.377 bits per heavy atom. The molecule has 0 N–H and O–H groups in total. The quantitative estimate of drug-likeness (QED) is 0.135. The monoisotopic (exact) mass is 894 g/mol. The van der Waals surface area contributed by atoms with Crippen LogP contribution in [0.25, 0.3) is 33.4 Å². The first kappa shape index (κ1) is 44.1. The normalized spacial score (nSPS) is 17.1. The van der Waals surface area contributed by atoms with E-state index < -0.39 is 0 Å². The van der Waals surface area contributed by atoms with Crippen molar-refractivity contribution in [2.45, 2.75) is 71.1 Å². The van der Waals surface area contributed by atoms with E-state index in [1.807, 2.05) is 0 Å². The Labute approximate surface area is 410 Å². The van der Waals surface area contributed by atoms with Crippen molar-refractivity contribution in [3.05, 3.63) is 253 Å². The number of fused-ring (bicyclic) bond motifs is 3. The number of nitrogens with zero attached hydrogens (tertiary/aromatic N) is 2. The summed E-state index contributed by atoms with van der Waals surface area (Å²) < 4.78 is 0. The molecule has 1 saturated carbocycles. The van der Waals surface area contributed by atoms with Gasteiger partial charge in [-0.3, -0.25) is 0 Å². The van der Waals surface area contributed by atoms with Gasteiger partial charge in [0.15, 0.2) is 0 Å². The number of para-hydroxylation sites is 2. The van der Waals surface area contributed by atoms with E-state index in [9.17, 15) is 0 Å². The van der Waals surface area contributed by atoms with Crippen LogP contribution in [0.2, 0.25) is 0 Å². The zero-order valence-corrected chi connectivity index (χ0v) is 40.7. The van der Waals surface area contributed by atoms with Crippen molar-refractivity contribution >= 4 is 34.1 Å². The lowest BCUT2D eigenvalue weighted by Gasteiger charge is -2.45. The van der Waals surface area contributed by atoms with Crippen LogP contribution in [0.15, 0.2) is 231 Å². The summed E-state index contributed by atoms with van der Waals surface area (Å²) in [5.74, 6) is 0.684. The number of hydrogen-bond acceptors (Lipinski definition) is 2. The summed E-state index contributed by atoms with van der Waals surface area (Å²) in [5, 5.41) is 0. The molecule has 0 saturated heterocycles. The zero-order chi connectivity index (χ0) is 47.2. The van der Waals surface area contributed by atoms with Gasteiger partial charge in [-0.15, -0.1) is 0 Å². The average molecular weight is 895 g/mol. The van der Waals surface area contributed by atoms with Gasteiger partial charge in [0, 0.05) is 45.0 Å². The Hall–Kier alpha value is -7.42. The van der Waals surface area contributed by atoms with E-state index in [1.54, 1.807) is 0 Å². The van der Waals surface area contributed by atoms with Crippen LogP contribution >= 0.6 is 0 Å². The summed E-state index contributed by atoms with van der Waals surface area (Å²) in [7, 11) is 0. The Bertz CT molecular complexity index is 3180. The van der Waals surface area contributed by atoms with Gasteiger partial charge >= 0.3 is 0 Å². The third-order valence-corrected chi connectivity index (χ3v) is 15.7. The van der Waals surface area contributed by atoms with E-state index in [-0.39, 0.29) is 16.2 Å². The maximum atomic E-state index is 2.46. The molecule has 11 rings (SSSR count). The van der Waals surface area contributed by atoms with Crippen molar-refractivity contribution in [3.8, 4) is 33.4 Å². The molecule has 9 aromatic carbocycles. The van der Waals surface area contributed by atoms with Gasteiger partial charge in [0.2, 0.25) is 0 Å². The maximum absolute atomic E-state index is 2.46. The third-order valence-electron chi connectivity index (χ3n) is 15.7. The molecule has 0 amide bonds. The van der Waals surface area contributed by atoms with Crippen molar-refractivity contribution in [3.63, 3.8) is 0 Å². The molecule has 2 aliphatic carbocycles. The van der Waals surface area contributed by atoms with Gasteiger partial charge in [-0.05, 0) is 165 Å². The molecule has 0 unspecified atom stereocenters. The van der Waals surface area contributed by atoms with Gasteiger partial charge in [-0.1, -0.05) is 192 Å². The van der Waals surface area contributed by atoms with E-state index in [0.717, 1.165) is 41.3 Å². The average Bonchev–Trinajstić information content (AvgIpc) is 3.63. The van der Waals surface area contributed by atoms with Gasteiger partial charge < -0.3 is 9.80 Å². The molecule has 9 aromatic rings. The fourth-order valence-corrected chi connectivity index (χ4v) is 11.8. The lowest BCUT2D eigenvalue weighted by molar-refractivity contribution is 0.146. The van der Waals surface area contributed by atoms with Crippen molar-refractivity contribution in [2.24, 2.45) is 11.3 Å². The fraction of sp³-hybridized carbons (Fsp3) is 0.194. The van der Waals surface area contributed by atoms with Crippen molar-refractivity contribution in [1.82, 2.24) is 0 Å². The van der Waals surface area contributed by atoms with Crippen LogP contribution in [-0.2, 0) is 10.8 Å². The van der Waals surface area contributed by atoms with Crippen LogP contribution < -0.4 is 9.80 Å². The molecular weight excluding hydrogens is 833 g/mol. The number of rotatable bonds is 10. The maximum Gasteiger partial charge on any atom is 0.0465 e. The minimum Gasteiger partial charge on any atom is -0.311 e. The first-order valence-electron chi connectivity index (χ1n) is 25.0. The Morgan fingerprint density at radius 2 is 0.797 bits per heavy atom. The highest BCUT2D eigenvalue weighted by atomic mass is 15.1. The molecular formula is C67H62N2. The Kier molecular flexibility index (Phi) is 11.4. The number of hydrogen-bond donors (Lipinski definition) is 0. The fourth-order valence-electron chi connectivity index (χ4n) is 11.8. The highest BCUT2D eigenvalue weighted by Crippen LogP contribution is 2.55. The van der Waals surface area contributed by atoms with Gasteiger partial charge in [-0.25, -0.2) is 0 Å². The molecule has 340 valence electrons. The highest BCUT2D eigenvalue weighted by molar-refractivity contribution is 5.94. The largest absolute Gasteiger partial charge is 0.311 e. The van der Waals surface area contributed by atoms with Gasteiger partial charge in [0.1, 0.15) is 0 Å². The molecule has 1 fully saturated rings. The summed E-state index contributed by atoms with van der Waals surface area (Å²) in [6.45, 7) is 12.1. The third kappa shape index (κ3) is 8.16. The molecule has 0 atom stereocenters. The zero-order valence-electron chi connectivity index (χ0n) is 40.7. The summed E-state index contributed by atoms with van der Waals surface area (Å²) >= 11 is 0. The van der Waals surface area contributed by atoms with Crippen molar-refractivity contribution in [1.29, 1.82) is 0 Å². The molecule has 0 spiro atoms. The topological polar surface area (TPSA) is 6.48 Å². The van der Waals surface area contributed by atoms with Gasteiger partial charge in [-0.2, -0.15) is 0 Å². The van der Waals surface area contributed by atoms with Crippen LogP contribution in [0.3, 0.4) is 0 Å². The minimum absolute atomic E-state index is 0.106. The summed E-state index contributed by atoms with van der Waals surface area (Å²) in [4.78, 5) is 4.83. The van der Waals surface area contributed by atoms with Crippen molar-refractivity contribution < 1.29 is 0 Å². The number of benzene rings is 9. The molecule has 0 radical (unpaired) electrons. The molecule has 2 aliphatic rings. The highest BCUT2D eigenvalue weighted by Gasteiger charge is 2.42. The van der Waals surface area contributed by atoms with Crippen LogP contribution in [0.5, 0.6) is 0 Å². The predicted molar refractivity (Wildman–Crippen MR) is 293 cm³/mol. The summed E-state index contributed by atoms with van der Waals surface area (Å²) in [6.07, 6.45) is 4.63. The van der Waals surface area contributed by atoms with E-state index in [1.165, 1.54) is 74.2 Å². The van der Waals surface area contributed by atoms with Gasteiger partial charge in [0.05, 0.1) is 0 Å². The molecule has 2 heteroatoms. The lowest BCUT2D eigenvalue weighted by atomic mass is 9.59. The van der Waals surface area contributed by atoms with Crippen LogP contribution in [0.1, 0.15) is 82.6 Å². The van der Waals surface area contributed by atoms with Crippen LogP contribution in [0.4, 0.5) is 34.1 Å². The first-order chi connectivity index (χ1) is 33.6. The second-order valence-electron chi connectivity index (χ2n) is 21.0. The van der Waals surface area contributed by atoms with E-state index >= 15 is 0 Å². The summed E-state index contributed by atoms with van der Waals surface area (Å²) in [6, 6.07) is 85.4. The molecule has 2 nitrogen and oxygen atoms in total. The molecule has 0 heterocycles. The standard InChI is InChI=1S/C67H62N2/c1-65(2,3)51-43-45-67(46-44-51,52-31-37-57(38-32-52)68(54-23-14-8-15-24-54)56-35-29-49(30-36-56)48-19-10-6-11-20-48)53-33-39-58(40-34-53)69(55-25-16-9-17-26-55)59-41-42-61-63(47-59)66(4,5)62-28-18-27-60(64(61)62)50-21-12-7-13-22-50/h6-42,47,51H,43-46H2,1-5H3. The molecule has 69 heavy (non-hydrogen) atoms. The Balaban J connectivity index is 0.961. The second-order valence-corrected chi connectivity index (χ2v) is 21.0. The second kappa shape index (κ2) is 17.9. The summed E-state index contributed by atoms with van der Waals surface area (Å²) in [5.41, 5.74) is 20.2. The van der Waals surface area contributed by atoms with E-state index in [0.29, 0.717) is 5.92 Å². The molecule has 0 bridgehead atoms. The minimum atomic E-state index is -0.156. The Morgan fingerprint density at radius 3 is 1.30 bits per heavy atom. The molecule has 0 aromatic heterocycles. The SMILES string of the molecule is CC1(C)c2cc(N(c3ccccc3)c3ccc(C4(c5ccc(N(c6ccccc6)c6ccc(-c7ccccc7)cc6)cc5)CCC(C(C)(C)C)CC4)cc3)ccc2-c2c(-c3ccccc3)cccc21. The lowest BCUT2D eigenvalue weighted by Crippen LogP contribution is -2.36. The molecule has 0 aliphatic heterocycles.